The molecule has 0 rings (SSSR count). The van der Waals surface area contributed by atoms with Crippen LogP contribution in [0.15, 0.2) is 0 Å². The third kappa shape index (κ3) is 14.5. The second-order valence-electron chi connectivity index (χ2n) is 6.27. The van der Waals surface area contributed by atoms with Gasteiger partial charge in [0.1, 0.15) is 13.2 Å². The van der Waals surface area contributed by atoms with Gasteiger partial charge in [-0.2, -0.15) is 0 Å². The van der Waals surface area contributed by atoms with Gasteiger partial charge in [0.25, 0.3) is 0 Å². The highest BCUT2D eigenvalue weighted by Gasteiger charge is 2.21. The molecular formula is C14H33NO4P+. The molecule has 0 aromatic rings. The first kappa shape index (κ1) is 20.1. The van der Waals surface area contributed by atoms with Crippen molar-refractivity contribution in [1.29, 1.82) is 0 Å². The van der Waals surface area contributed by atoms with Gasteiger partial charge in [0.05, 0.1) is 27.7 Å². The van der Waals surface area contributed by atoms with E-state index in [1.54, 1.807) is 0 Å². The quantitative estimate of drug-likeness (QED) is 0.321. The number of unbranched alkanes of at least 4 members (excludes halogenated alkanes) is 6. The minimum absolute atomic E-state index is 0.230. The highest BCUT2D eigenvalue weighted by molar-refractivity contribution is 7.47. The second kappa shape index (κ2) is 10.7. The Morgan fingerprint density at radius 3 is 1.95 bits per heavy atom. The molecule has 1 atom stereocenters. The molecule has 1 N–H and O–H groups in total. The standard InChI is InChI=1S/C14H32NO4P/c1-5-6-7-8-9-10-11-13-18-20(16,17)19-14-12-15(2,3)4/h5-14H2,1-4H3/p+1. The molecule has 0 bridgehead atoms. The zero-order valence-corrected chi connectivity index (χ0v) is 14.5. The Kier molecular flexibility index (Phi) is 10.8. The van der Waals surface area contributed by atoms with E-state index in [9.17, 15) is 9.46 Å². The number of phosphoric acid groups is 1. The van der Waals surface area contributed by atoms with Crippen molar-refractivity contribution in [2.75, 3.05) is 40.9 Å². The van der Waals surface area contributed by atoms with Crippen LogP contribution in [-0.4, -0.2) is 50.3 Å². The fourth-order valence-corrected chi connectivity index (χ4v) is 2.45. The van der Waals surface area contributed by atoms with E-state index in [4.69, 9.17) is 9.05 Å². The maximum absolute atomic E-state index is 11.6. The van der Waals surface area contributed by atoms with Gasteiger partial charge in [-0.1, -0.05) is 45.4 Å². The molecule has 0 saturated carbocycles. The zero-order chi connectivity index (χ0) is 15.5. The molecule has 0 saturated heterocycles. The van der Waals surface area contributed by atoms with Crippen LogP contribution < -0.4 is 0 Å². The van der Waals surface area contributed by atoms with Gasteiger partial charge in [-0.3, -0.25) is 9.05 Å². The van der Waals surface area contributed by atoms with Gasteiger partial charge in [0.2, 0.25) is 0 Å². The monoisotopic (exact) mass is 310 g/mol. The number of rotatable bonds is 13. The minimum Gasteiger partial charge on any atom is -0.329 e. The smallest absolute Gasteiger partial charge is 0.329 e. The van der Waals surface area contributed by atoms with Crippen molar-refractivity contribution in [1.82, 2.24) is 0 Å². The largest absolute Gasteiger partial charge is 0.472 e. The summed E-state index contributed by atoms with van der Waals surface area (Å²) < 4.78 is 22.2. The molecule has 0 aliphatic heterocycles. The summed E-state index contributed by atoms with van der Waals surface area (Å²) in [5, 5.41) is 0. The Hall–Kier alpha value is 0.0700. The minimum atomic E-state index is -3.85. The lowest BCUT2D eigenvalue weighted by atomic mass is 10.1. The Labute approximate surface area is 124 Å². The molecular weight excluding hydrogens is 277 g/mol. The lowest BCUT2D eigenvalue weighted by Crippen LogP contribution is -2.37. The van der Waals surface area contributed by atoms with Gasteiger partial charge < -0.3 is 9.38 Å². The third-order valence-electron chi connectivity index (χ3n) is 3.02. The van der Waals surface area contributed by atoms with Crippen LogP contribution in [0, 0.1) is 0 Å². The average molecular weight is 310 g/mol. The van der Waals surface area contributed by atoms with Crippen LogP contribution in [0.3, 0.4) is 0 Å². The topological polar surface area (TPSA) is 55.8 Å². The van der Waals surface area contributed by atoms with Crippen LogP contribution in [-0.2, 0) is 13.6 Å². The first-order valence-electron chi connectivity index (χ1n) is 7.69. The molecule has 0 aliphatic carbocycles. The fourth-order valence-electron chi connectivity index (χ4n) is 1.71. The van der Waals surface area contributed by atoms with E-state index in [1.165, 1.54) is 32.1 Å². The molecule has 0 heterocycles. The molecule has 0 amide bonds. The summed E-state index contributed by atoms with van der Waals surface area (Å²) in [4.78, 5) is 9.49. The summed E-state index contributed by atoms with van der Waals surface area (Å²) in [5.41, 5.74) is 0. The van der Waals surface area contributed by atoms with E-state index in [2.05, 4.69) is 6.92 Å². The van der Waals surface area contributed by atoms with E-state index in [-0.39, 0.29) is 6.61 Å². The summed E-state index contributed by atoms with van der Waals surface area (Å²) in [6.45, 7) is 3.40. The molecule has 0 radical (unpaired) electrons. The van der Waals surface area contributed by atoms with E-state index in [1.807, 2.05) is 21.1 Å². The number of nitrogens with zero attached hydrogens (tertiary/aromatic N) is 1. The predicted octanol–water partition coefficient (Wildman–Crippen LogP) is 3.58. The van der Waals surface area contributed by atoms with E-state index >= 15 is 0 Å². The van der Waals surface area contributed by atoms with E-state index in [0.29, 0.717) is 17.6 Å². The first-order valence-corrected chi connectivity index (χ1v) is 9.19. The summed E-state index contributed by atoms with van der Waals surface area (Å²) >= 11 is 0. The summed E-state index contributed by atoms with van der Waals surface area (Å²) in [6, 6.07) is 0. The average Bonchev–Trinajstić information content (AvgIpc) is 2.30. The molecule has 0 fully saturated rings. The first-order chi connectivity index (χ1) is 9.27. The Balaban J connectivity index is 3.50. The normalized spacial score (nSPS) is 15.2. The molecule has 1 unspecified atom stereocenters. The van der Waals surface area contributed by atoms with Gasteiger partial charge in [-0.15, -0.1) is 0 Å². The van der Waals surface area contributed by atoms with Crippen LogP contribution >= 0.6 is 7.82 Å². The SMILES string of the molecule is CCCCCCCCCOP(=O)(O)OCC[N+](C)(C)C. The van der Waals surface area contributed by atoms with E-state index in [0.717, 1.165) is 12.8 Å². The predicted molar refractivity (Wildman–Crippen MR) is 82.6 cm³/mol. The molecule has 0 spiro atoms. The van der Waals surface area contributed by atoms with Crippen LogP contribution in [0.25, 0.3) is 0 Å². The van der Waals surface area contributed by atoms with Crippen molar-refractivity contribution in [2.45, 2.75) is 51.9 Å². The number of hydrogen-bond acceptors (Lipinski definition) is 3. The van der Waals surface area contributed by atoms with E-state index < -0.39 is 7.82 Å². The van der Waals surface area contributed by atoms with Crippen molar-refractivity contribution in [2.24, 2.45) is 0 Å². The Morgan fingerprint density at radius 1 is 0.900 bits per heavy atom. The van der Waals surface area contributed by atoms with Crippen molar-refractivity contribution in [3.8, 4) is 0 Å². The summed E-state index contributed by atoms with van der Waals surface area (Å²) in [7, 11) is 2.16. The lowest BCUT2D eigenvalue weighted by molar-refractivity contribution is -0.870. The summed E-state index contributed by atoms with van der Waals surface area (Å²) in [6.07, 6.45) is 8.10. The van der Waals surface area contributed by atoms with Gasteiger partial charge >= 0.3 is 7.82 Å². The molecule has 20 heavy (non-hydrogen) atoms. The summed E-state index contributed by atoms with van der Waals surface area (Å²) in [5.74, 6) is 0. The van der Waals surface area contributed by atoms with Gasteiger partial charge in [0.15, 0.2) is 0 Å². The number of quaternary nitrogens is 1. The van der Waals surface area contributed by atoms with Crippen LogP contribution in [0.5, 0.6) is 0 Å². The highest BCUT2D eigenvalue weighted by Crippen LogP contribution is 2.43. The maximum Gasteiger partial charge on any atom is 0.472 e. The zero-order valence-electron chi connectivity index (χ0n) is 13.6. The molecule has 0 aliphatic rings. The molecule has 122 valence electrons. The van der Waals surface area contributed by atoms with Crippen molar-refractivity contribution in [3.63, 3.8) is 0 Å². The third-order valence-corrected chi connectivity index (χ3v) is 4.04. The second-order valence-corrected chi connectivity index (χ2v) is 7.72. The highest BCUT2D eigenvalue weighted by atomic mass is 31.2. The molecule has 0 aromatic heterocycles. The molecule has 6 heteroatoms. The van der Waals surface area contributed by atoms with Gasteiger partial charge in [0, 0.05) is 0 Å². The van der Waals surface area contributed by atoms with Crippen LogP contribution in [0.1, 0.15) is 51.9 Å². The van der Waals surface area contributed by atoms with Gasteiger partial charge in [-0.25, -0.2) is 4.57 Å². The molecule has 5 nitrogen and oxygen atoms in total. The fraction of sp³-hybridized carbons (Fsp3) is 1.00. The van der Waals surface area contributed by atoms with Crippen molar-refractivity contribution in [3.05, 3.63) is 0 Å². The Morgan fingerprint density at radius 2 is 1.40 bits per heavy atom. The van der Waals surface area contributed by atoms with Crippen LogP contribution in [0.4, 0.5) is 0 Å². The maximum atomic E-state index is 11.6. The van der Waals surface area contributed by atoms with Gasteiger partial charge in [-0.05, 0) is 6.42 Å². The van der Waals surface area contributed by atoms with Crippen LogP contribution in [0.2, 0.25) is 0 Å². The number of phosphoric ester groups is 1. The number of hydrogen-bond donors (Lipinski definition) is 1. The lowest BCUT2D eigenvalue weighted by Gasteiger charge is -2.24. The van der Waals surface area contributed by atoms with Crippen molar-refractivity contribution < 1.29 is 23.0 Å². The molecule has 0 aromatic carbocycles. The van der Waals surface area contributed by atoms with Crippen molar-refractivity contribution >= 4 is 7.82 Å². The Bertz CT molecular complexity index is 279. The number of likely N-dealkylation sites (N-methyl/N-ethyl adjacent to an activating group) is 1.